The largest absolute Gasteiger partial charge is 0.497 e. The second kappa shape index (κ2) is 13.0. The van der Waals surface area contributed by atoms with Gasteiger partial charge in [-0.15, -0.1) is 24.0 Å². The van der Waals surface area contributed by atoms with Crippen LogP contribution in [0.5, 0.6) is 11.5 Å². The first-order valence-electron chi connectivity index (χ1n) is 8.83. The highest BCUT2D eigenvalue weighted by molar-refractivity contribution is 14.0. The summed E-state index contributed by atoms with van der Waals surface area (Å²) < 4.78 is 10.7. The van der Waals surface area contributed by atoms with E-state index in [9.17, 15) is 0 Å². The Hall–Kier alpha value is -1.22. The lowest BCUT2D eigenvalue weighted by molar-refractivity contribution is 0.236. The summed E-state index contributed by atoms with van der Waals surface area (Å²) in [4.78, 5) is 8.90. The second-order valence-corrected chi connectivity index (χ2v) is 6.23. The molecule has 0 saturated carbocycles. The van der Waals surface area contributed by atoms with Crippen molar-refractivity contribution in [2.45, 2.75) is 33.4 Å². The van der Waals surface area contributed by atoms with E-state index in [2.05, 4.69) is 40.9 Å². The number of rotatable bonds is 9. The lowest BCUT2D eigenvalue weighted by Crippen LogP contribution is -2.43. The van der Waals surface area contributed by atoms with E-state index in [1.165, 1.54) is 0 Å². The number of hydrogen-bond acceptors (Lipinski definition) is 4. The number of nitrogens with zero attached hydrogens (tertiary/aromatic N) is 3. The highest BCUT2D eigenvalue weighted by Gasteiger charge is 2.12. The predicted molar refractivity (Wildman–Crippen MR) is 120 cm³/mol. The Morgan fingerprint density at radius 2 is 1.92 bits per heavy atom. The van der Waals surface area contributed by atoms with Gasteiger partial charge in [-0.1, -0.05) is 6.92 Å². The van der Waals surface area contributed by atoms with Crippen molar-refractivity contribution in [2.24, 2.45) is 4.99 Å². The molecular weight excluding hydrogens is 443 g/mol. The van der Waals surface area contributed by atoms with Gasteiger partial charge < -0.3 is 19.7 Å². The molecule has 1 rings (SSSR count). The van der Waals surface area contributed by atoms with Crippen molar-refractivity contribution >= 4 is 29.9 Å². The minimum atomic E-state index is 0. The normalized spacial score (nSPS) is 11.3. The van der Waals surface area contributed by atoms with Gasteiger partial charge in [0.1, 0.15) is 11.5 Å². The van der Waals surface area contributed by atoms with Gasteiger partial charge in [0, 0.05) is 51.4 Å². The third-order valence-electron chi connectivity index (χ3n) is 4.29. The molecule has 7 heteroatoms. The van der Waals surface area contributed by atoms with Crippen LogP contribution in [0.15, 0.2) is 23.2 Å². The summed E-state index contributed by atoms with van der Waals surface area (Å²) >= 11 is 0. The van der Waals surface area contributed by atoms with Crippen LogP contribution in [0.25, 0.3) is 0 Å². The van der Waals surface area contributed by atoms with E-state index in [1.807, 2.05) is 32.3 Å². The van der Waals surface area contributed by atoms with Gasteiger partial charge in [0.2, 0.25) is 0 Å². The molecule has 0 unspecified atom stereocenters. The average Bonchev–Trinajstić information content (AvgIpc) is 2.61. The molecule has 0 aliphatic heterocycles. The first kappa shape index (κ1) is 24.8. The molecule has 0 aromatic heterocycles. The van der Waals surface area contributed by atoms with E-state index in [0.29, 0.717) is 12.6 Å². The van der Waals surface area contributed by atoms with Crippen LogP contribution in [0.3, 0.4) is 0 Å². The molecule has 0 atom stereocenters. The third kappa shape index (κ3) is 7.57. The van der Waals surface area contributed by atoms with Gasteiger partial charge in [-0.3, -0.25) is 9.89 Å². The predicted octanol–water partition coefficient (Wildman–Crippen LogP) is 3.06. The van der Waals surface area contributed by atoms with Crippen LogP contribution in [-0.2, 0) is 6.54 Å². The monoisotopic (exact) mass is 478 g/mol. The highest BCUT2D eigenvalue weighted by atomic mass is 127. The summed E-state index contributed by atoms with van der Waals surface area (Å²) in [5.74, 6) is 2.48. The van der Waals surface area contributed by atoms with E-state index in [-0.39, 0.29) is 24.0 Å². The molecule has 0 bridgehead atoms. The molecule has 6 nitrogen and oxygen atoms in total. The van der Waals surface area contributed by atoms with E-state index in [1.54, 1.807) is 14.2 Å². The van der Waals surface area contributed by atoms with Gasteiger partial charge in [-0.05, 0) is 32.5 Å². The Kier molecular flexibility index (Phi) is 12.4. The molecule has 1 aromatic carbocycles. The lowest BCUT2D eigenvalue weighted by Gasteiger charge is -2.27. The van der Waals surface area contributed by atoms with Crippen molar-refractivity contribution in [1.82, 2.24) is 15.1 Å². The quantitative estimate of drug-likeness (QED) is 0.336. The van der Waals surface area contributed by atoms with Crippen LogP contribution in [0.2, 0.25) is 0 Å². The zero-order valence-corrected chi connectivity index (χ0v) is 19.5. The van der Waals surface area contributed by atoms with Crippen molar-refractivity contribution < 1.29 is 9.47 Å². The molecule has 150 valence electrons. The Morgan fingerprint density at radius 3 is 2.42 bits per heavy atom. The number of nitrogens with one attached hydrogen (secondary N) is 1. The molecule has 0 amide bonds. The number of methoxy groups -OCH3 is 2. The Balaban J connectivity index is 0.00000625. The number of ether oxygens (including phenoxy) is 2. The molecule has 26 heavy (non-hydrogen) atoms. The van der Waals surface area contributed by atoms with Crippen molar-refractivity contribution in [1.29, 1.82) is 0 Å². The lowest BCUT2D eigenvalue weighted by atomic mass is 10.2. The minimum Gasteiger partial charge on any atom is -0.497 e. The number of hydrogen-bond donors (Lipinski definition) is 1. The summed E-state index contributed by atoms with van der Waals surface area (Å²) in [5, 5.41) is 3.44. The van der Waals surface area contributed by atoms with Crippen molar-refractivity contribution in [3.63, 3.8) is 0 Å². The standard InChI is InChI=1S/C19H34N4O2.HI/c1-8-23(15(2)3)12-11-21-19(20-4)22(5)14-16-9-10-17(24-6)13-18(16)25-7;/h9-10,13,15H,8,11-12,14H2,1-7H3,(H,20,21);1H. The first-order chi connectivity index (χ1) is 12.0. The maximum absolute atomic E-state index is 5.48. The summed E-state index contributed by atoms with van der Waals surface area (Å²) in [5.41, 5.74) is 1.09. The topological polar surface area (TPSA) is 49.3 Å². The Bertz CT molecular complexity index is 552. The third-order valence-corrected chi connectivity index (χ3v) is 4.29. The zero-order chi connectivity index (χ0) is 18.8. The summed E-state index contributed by atoms with van der Waals surface area (Å²) in [6.07, 6.45) is 0. The minimum absolute atomic E-state index is 0. The fourth-order valence-electron chi connectivity index (χ4n) is 2.79. The van der Waals surface area contributed by atoms with Gasteiger partial charge in [0.05, 0.1) is 14.2 Å². The number of benzene rings is 1. The first-order valence-corrected chi connectivity index (χ1v) is 8.83. The number of aliphatic imine (C=N–C) groups is 1. The fraction of sp³-hybridized carbons (Fsp3) is 0.632. The van der Waals surface area contributed by atoms with Crippen LogP contribution < -0.4 is 14.8 Å². The SMILES string of the molecule is CCN(CCNC(=NC)N(C)Cc1ccc(OC)cc1OC)C(C)C.I. The molecule has 0 saturated heterocycles. The zero-order valence-electron chi connectivity index (χ0n) is 17.2. The molecular formula is C19H35IN4O2. The second-order valence-electron chi connectivity index (χ2n) is 6.23. The Labute approximate surface area is 176 Å². The Morgan fingerprint density at radius 1 is 1.23 bits per heavy atom. The van der Waals surface area contributed by atoms with Gasteiger partial charge in [0.15, 0.2) is 5.96 Å². The molecule has 0 aliphatic carbocycles. The summed E-state index contributed by atoms with van der Waals surface area (Å²) in [7, 11) is 7.17. The highest BCUT2D eigenvalue weighted by Crippen LogP contribution is 2.25. The maximum Gasteiger partial charge on any atom is 0.193 e. The van der Waals surface area contributed by atoms with Crippen molar-refractivity contribution in [3.8, 4) is 11.5 Å². The molecule has 0 radical (unpaired) electrons. The van der Waals surface area contributed by atoms with Crippen LogP contribution in [0, 0.1) is 0 Å². The van der Waals surface area contributed by atoms with Crippen LogP contribution in [0.1, 0.15) is 26.3 Å². The van der Waals surface area contributed by atoms with Gasteiger partial charge in [0.25, 0.3) is 0 Å². The van der Waals surface area contributed by atoms with Crippen LogP contribution in [-0.4, -0.2) is 69.8 Å². The number of halogens is 1. The van der Waals surface area contributed by atoms with Gasteiger partial charge >= 0.3 is 0 Å². The van der Waals surface area contributed by atoms with E-state index in [0.717, 1.165) is 42.7 Å². The number of likely N-dealkylation sites (N-methyl/N-ethyl adjacent to an activating group) is 1. The van der Waals surface area contributed by atoms with E-state index < -0.39 is 0 Å². The molecule has 1 aromatic rings. The van der Waals surface area contributed by atoms with E-state index in [4.69, 9.17) is 9.47 Å². The fourth-order valence-corrected chi connectivity index (χ4v) is 2.79. The van der Waals surface area contributed by atoms with E-state index >= 15 is 0 Å². The summed E-state index contributed by atoms with van der Waals surface area (Å²) in [6.45, 7) is 10.2. The molecule has 0 spiro atoms. The van der Waals surface area contributed by atoms with Gasteiger partial charge in [-0.2, -0.15) is 0 Å². The van der Waals surface area contributed by atoms with Crippen molar-refractivity contribution in [3.05, 3.63) is 23.8 Å². The maximum atomic E-state index is 5.48. The average molecular weight is 478 g/mol. The van der Waals surface area contributed by atoms with Crippen molar-refractivity contribution in [2.75, 3.05) is 47.9 Å². The van der Waals surface area contributed by atoms with Gasteiger partial charge in [-0.25, -0.2) is 0 Å². The molecule has 0 aliphatic rings. The molecule has 1 N–H and O–H groups in total. The number of guanidine groups is 1. The molecule has 0 heterocycles. The molecule has 0 fully saturated rings. The van der Waals surface area contributed by atoms with Crippen LogP contribution in [0.4, 0.5) is 0 Å². The van der Waals surface area contributed by atoms with Crippen LogP contribution >= 0.6 is 24.0 Å². The summed E-state index contributed by atoms with van der Waals surface area (Å²) in [6, 6.07) is 6.43. The smallest absolute Gasteiger partial charge is 0.193 e.